The molecule has 1 aromatic rings. The first-order valence-electron chi connectivity index (χ1n) is 3.32. The molecule has 0 unspecified atom stereocenters. The Kier molecular flexibility index (Phi) is 2.79. The Morgan fingerprint density at radius 3 is 2.62 bits per heavy atom. The molecule has 1 rings (SSSR count). The molecule has 4 heteroatoms. The van der Waals surface area contributed by atoms with Crippen LogP contribution in [0.3, 0.4) is 0 Å². The quantitative estimate of drug-likeness (QED) is 0.566. The van der Waals surface area contributed by atoms with Crippen molar-refractivity contribution in [1.82, 2.24) is 0 Å². The lowest BCUT2D eigenvalue weighted by Gasteiger charge is -2.01. The summed E-state index contributed by atoms with van der Waals surface area (Å²) in [4.78, 5) is 0.602. The van der Waals surface area contributed by atoms with Crippen LogP contribution in [0.5, 0.6) is 0 Å². The van der Waals surface area contributed by atoms with Crippen molar-refractivity contribution in [3.05, 3.63) is 34.5 Å². The molecule has 0 atom stereocenters. The van der Waals surface area contributed by atoms with Crippen molar-refractivity contribution in [2.45, 2.75) is 6.18 Å². The van der Waals surface area contributed by atoms with Gasteiger partial charge in [-0.05, 0) is 11.4 Å². The summed E-state index contributed by atoms with van der Waals surface area (Å²) in [7, 11) is 0. The van der Waals surface area contributed by atoms with E-state index in [2.05, 4.69) is 12.5 Å². The largest absolute Gasteiger partial charge is 0.423 e. The van der Waals surface area contributed by atoms with Crippen LogP contribution in [0.1, 0.15) is 4.88 Å². The number of alkyl halides is 3. The highest BCUT2D eigenvalue weighted by atomic mass is 32.1. The van der Waals surface area contributed by atoms with Gasteiger partial charge in [-0.15, -0.1) is 11.3 Å². The molecule has 0 spiro atoms. The molecular formula is C9H5F3S. The Bertz CT molecular complexity index is 348. The first-order valence-corrected chi connectivity index (χ1v) is 4.20. The van der Waals surface area contributed by atoms with Gasteiger partial charge in [-0.3, -0.25) is 0 Å². The SMILES string of the molecule is C=C(C#Cc1cccs1)C(F)(F)F. The van der Waals surface area contributed by atoms with Gasteiger partial charge in [0.1, 0.15) is 0 Å². The van der Waals surface area contributed by atoms with Crippen molar-refractivity contribution in [2.24, 2.45) is 0 Å². The predicted octanol–water partition coefficient (Wildman–Crippen LogP) is 3.22. The summed E-state index contributed by atoms with van der Waals surface area (Å²) >= 11 is 1.29. The Morgan fingerprint density at radius 2 is 2.15 bits per heavy atom. The minimum Gasteiger partial charge on any atom is -0.165 e. The molecule has 0 nitrogen and oxygen atoms in total. The van der Waals surface area contributed by atoms with Gasteiger partial charge in [-0.1, -0.05) is 24.5 Å². The lowest BCUT2D eigenvalue weighted by atomic mass is 10.3. The maximum absolute atomic E-state index is 11.9. The molecule has 68 valence electrons. The van der Waals surface area contributed by atoms with Gasteiger partial charge in [0, 0.05) is 0 Å². The molecule has 0 saturated heterocycles. The highest BCUT2D eigenvalue weighted by molar-refractivity contribution is 7.10. The number of hydrogen-bond acceptors (Lipinski definition) is 1. The summed E-state index contributed by atoms with van der Waals surface area (Å²) in [6.45, 7) is 2.83. The molecule has 0 amide bonds. The Balaban J connectivity index is 2.74. The first kappa shape index (κ1) is 9.87. The van der Waals surface area contributed by atoms with Crippen LogP contribution in [0.15, 0.2) is 29.7 Å². The van der Waals surface area contributed by atoms with E-state index in [4.69, 9.17) is 0 Å². The van der Waals surface area contributed by atoms with Crippen molar-refractivity contribution < 1.29 is 13.2 Å². The van der Waals surface area contributed by atoms with E-state index in [-0.39, 0.29) is 0 Å². The summed E-state index contributed by atoms with van der Waals surface area (Å²) in [5.41, 5.74) is -1.01. The predicted molar refractivity (Wildman–Crippen MR) is 46.4 cm³/mol. The van der Waals surface area contributed by atoms with Gasteiger partial charge in [-0.25, -0.2) is 0 Å². The highest BCUT2D eigenvalue weighted by Crippen LogP contribution is 2.23. The zero-order chi connectivity index (χ0) is 9.90. The molecule has 1 aromatic heterocycles. The number of rotatable bonds is 0. The van der Waals surface area contributed by atoms with Gasteiger partial charge >= 0.3 is 6.18 Å². The van der Waals surface area contributed by atoms with Crippen molar-refractivity contribution in [3.63, 3.8) is 0 Å². The summed E-state index contributed by atoms with van der Waals surface area (Å²) in [6.07, 6.45) is -4.41. The van der Waals surface area contributed by atoms with Crippen LogP contribution in [-0.2, 0) is 0 Å². The molecule has 0 N–H and O–H groups in total. The number of halogens is 3. The van der Waals surface area contributed by atoms with E-state index in [1.54, 1.807) is 17.5 Å². The maximum atomic E-state index is 11.9. The van der Waals surface area contributed by atoms with Crippen molar-refractivity contribution in [1.29, 1.82) is 0 Å². The van der Waals surface area contributed by atoms with E-state index in [1.165, 1.54) is 11.3 Å². The molecule has 0 aliphatic rings. The van der Waals surface area contributed by atoms with E-state index < -0.39 is 11.7 Å². The van der Waals surface area contributed by atoms with Crippen molar-refractivity contribution in [2.75, 3.05) is 0 Å². The fraction of sp³-hybridized carbons (Fsp3) is 0.111. The second kappa shape index (κ2) is 3.67. The zero-order valence-corrected chi connectivity index (χ0v) is 7.30. The second-order valence-electron chi connectivity index (χ2n) is 2.20. The third kappa shape index (κ3) is 2.96. The number of thiophene rings is 1. The third-order valence-electron chi connectivity index (χ3n) is 1.20. The second-order valence-corrected chi connectivity index (χ2v) is 3.15. The van der Waals surface area contributed by atoms with Gasteiger partial charge in [0.05, 0.1) is 10.5 Å². The monoisotopic (exact) mass is 202 g/mol. The van der Waals surface area contributed by atoms with Crippen LogP contribution < -0.4 is 0 Å². The molecule has 0 saturated carbocycles. The average molecular weight is 202 g/mol. The first-order chi connectivity index (χ1) is 6.00. The lowest BCUT2D eigenvalue weighted by Crippen LogP contribution is -2.08. The molecule has 0 bridgehead atoms. The van der Waals surface area contributed by atoms with Crippen LogP contribution in [0.25, 0.3) is 0 Å². The van der Waals surface area contributed by atoms with Gasteiger partial charge in [0.25, 0.3) is 0 Å². The zero-order valence-electron chi connectivity index (χ0n) is 6.48. The number of hydrogen-bond donors (Lipinski definition) is 0. The summed E-state index contributed by atoms with van der Waals surface area (Å²) in [6, 6.07) is 3.38. The van der Waals surface area contributed by atoms with Crippen LogP contribution in [0.4, 0.5) is 13.2 Å². The van der Waals surface area contributed by atoms with Crippen LogP contribution in [-0.4, -0.2) is 6.18 Å². The van der Waals surface area contributed by atoms with E-state index in [1.807, 2.05) is 5.92 Å². The highest BCUT2D eigenvalue weighted by Gasteiger charge is 2.30. The van der Waals surface area contributed by atoms with Crippen LogP contribution in [0, 0.1) is 11.8 Å². The van der Waals surface area contributed by atoms with Crippen molar-refractivity contribution >= 4 is 11.3 Å². The Labute approximate surface area is 77.7 Å². The standard InChI is InChI=1S/C9H5F3S/c1-7(9(10,11)12)4-5-8-3-2-6-13-8/h2-3,6H,1H2. The molecule has 0 aliphatic heterocycles. The van der Waals surface area contributed by atoms with Crippen LogP contribution >= 0.6 is 11.3 Å². The van der Waals surface area contributed by atoms with Crippen molar-refractivity contribution in [3.8, 4) is 11.8 Å². The Morgan fingerprint density at radius 1 is 1.46 bits per heavy atom. The molecule has 0 radical (unpaired) electrons. The average Bonchev–Trinajstić information content (AvgIpc) is 2.50. The smallest absolute Gasteiger partial charge is 0.165 e. The van der Waals surface area contributed by atoms with E-state index in [9.17, 15) is 13.2 Å². The fourth-order valence-corrected chi connectivity index (χ4v) is 1.13. The fourth-order valence-electron chi connectivity index (χ4n) is 0.558. The molecule has 0 aromatic carbocycles. The minimum absolute atomic E-state index is 0.602. The van der Waals surface area contributed by atoms with E-state index >= 15 is 0 Å². The van der Waals surface area contributed by atoms with Gasteiger partial charge in [-0.2, -0.15) is 13.2 Å². The van der Waals surface area contributed by atoms with E-state index in [0.29, 0.717) is 4.88 Å². The summed E-state index contributed by atoms with van der Waals surface area (Å²) in [5.74, 6) is 4.35. The summed E-state index contributed by atoms with van der Waals surface area (Å²) < 4.78 is 35.6. The third-order valence-corrected chi connectivity index (χ3v) is 1.99. The summed E-state index contributed by atoms with van der Waals surface area (Å²) in [5, 5.41) is 1.75. The molecular weight excluding hydrogens is 197 g/mol. The van der Waals surface area contributed by atoms with E-state index in [0.717, 1.165) is 0 Å². The molecule has 0 aliphatic carbocycles. The molecule has 0 fully saturated rings. The normalized spacial score (nSPS) is 10.4. The Hall–Kier alpha value is -1.21. The van der Waals surface area contributed by atoms with Crippen LogP contribution in [0.2, 0.25) is 0 Å². The topological polar surface area (TPSA) is 0 Å². The number of allylic oxidation sites excluding steroid dienone is 1. The maximum Gasteiger partial charge on any atom is 0.423 e. The van der Waals surface area contributed by atoms with Gasteiger partial charge < -0.3 is 0 Å². The van der Waals surface area contributed by atoms with Gasteiger partial charge in [0.15, 0.2) is 0 Å². The van der Waals surface area contributed by atoms with Gasteiger partial charge in [0.2, 0.25) is 0 Å². The lowest BCUT2D eigenvalue weighted by molar-refractivity contribution is -0.0868. The molecule has 1 heterocycles. The molecule has 13 heavy (non-hydrogen) atoms. The minimum atomic E-state index is -4.41.